The number of rotatable bonds is 8. The van der Waals surface area contributed by atoms with E-state index in [9.17, 15) is 9.59 Å². The molecule has 0 atom stereocenters. The molecule has 0 aliphatic rings. The molecule has 5 nitrogen and oxygen atoms in total. The molecule has 0 aliphatic carbocycles. The summed E-state index contributed by atoms with van der Waals surface area (Å²) in [7, 11) is 1.59. The Hall–Kier alpha value is -2.47. The molecule has 2 aromatic rings. The van der Waals surface area contributed by atoms with E-state index in [1.807, 2.05) is 37.4 Å². The summed E-state index contributed by atoms with van der Waals surface area (Å²) in [5.74, 6) is 1.26. The third-order valence-corrected chi connectivity index (χ3v) is 4.51. The molecule has 138 valence electrons. The number of benzene rings is 2. The Kier molecular flexibility index (Phi) is 7.53. The maximum absolute atomic E-state index is 12.6. The number of ether oxygens (including phenoxy) is 1. The molecule has 0 saturated heterocycles. The number of thioether (sulfide) groups is 1. The van der Waals surface area contributed by atoms with Crippen LogP contribution >= 0.6 is 11.8 Å². The number of carbonyl (C=O) groups is 2. The van der Waals surface area contributed by atoms with E-state index in [1.165, 1.54) is 10.5 Å². The van der Waals surface area contributed by atoms with Crippen LogP contribution in [0.25, 0.3) is 0 Å². The van der Waals surface area contributed by atoms with Crippen molar-refractivity contribution < 1.29 is 14.3 Å². The molecule has 0 aromatic heterocycles. The first-order chi connectivity index (χ1) is 12.6. The van der Waals surface area contributed by atoms with Gasteiger partial charge in [0.25, 0.3) is 5.91 Å². The lowest BCUT2D eigenvalue weighted by molar-refractivity contribution is -0.116. The molecule has 0 fully saturated rings. The van der Waals surface area contributed by atoms with Gasteiger partial charge in [0, 0.05) is 23.5 Å². The van der Waals surface area contributed by atoms with E-state index in [-0.39, 0.29) is 18.4 Å². The molecular formula is C20H24N2O3S. The van der Waals surface area contributed by atoms with Crippen LogP contribution in [0.3, 0.4) is 0 Å². The second-order valence-electron chi connectivity index (χ2n) is 5.73. The monoisotopic (exact) mass is 372 g/mol. The highest BCUT2D eigenvalue weighted by molar-refractivity contribution is 7.97. The minimum Gasteiger partial charge on any atom is -0.497 e. The number of anilines is 1. The van der Waals surface area contributed by atoms with Crippen molar-refractivity contribution in [2.45, 2.75) is 12.7 Å². The van der Waals surface area contributed by atoms with E-state index in [0.717, 1.165) is 11.5 Å². The predicted molar refractivity (Wildman–Crippen MR) is 107 cm³/mol. The highest BCUT2D eigenvalue weighted by Gasteiger charge is 2.17. The molecule has 1 N–H and O–H groups in total. The summed E-state index contributed by atoms with van der Waals surface area (Å²) >= 11 is 1.74. The van der Waals surface area contributed by atoms with Gasteiger partial charge in [0.15, 0.2) is 0 Å². The van der Waals surface area contributed by atoms with Crippen molar-refractivity contribution in [1.29, 1.82) is 0 Å². The maximum Gasteiger partial charge on any atom is 0.254 e. The third kappa shape index (κ3) is 5.52. The molecule has 0 aliphatic heterocycles. The summed E-state index contributed by atoms with van der Waals surface area (Å²) in [4.78, 5) is 26.4. The molecule has 0 radical (unpaired) electrons. The number of carbonyl (C=O) groups excluding carboxylic acids is 2. The van der Waals surface area contributed by atoms with Gasteiger partial charge < -0.3 is 15.0 Å². The first-order valence-corrected chi connectivity index (χ1v) is 9.77. The van der Waals surface area contributed by atoms with Gasteiger partial charge in [-0.2, -0.15) is 11.8 Å². The van der Waals surface area contributed by atoms with Crippen LogP contribution in [0.4, 0.5) is 5.69 Å². The molecule has 0 heterocycles. The second kappa shape index (κ2) is 9.87. The molecule has 2 aromatic carbocycles. The Morgan fingerprint density at radius 2 is 1.73 bits per heavy atom. The van der Waals surface area contributed by atoms with Crippen LogP contribution in [0.15, 0.2) is 48.5 Å². The number of likely N-dealkylation sites (N-methyl/N-ethyl adjacent to an activating group) is 1. The molecule has 0 bridgehead atoms. The smallest absolute Gasteiger partial charge is 0.254 e. The van der Waals surface area contributed by atoms with Crippen LogP contribution in [0.2, 0.25) is 0 Å². The van der Waals surface area contributed by atoms with Crippen LogP contribution in [-0.2, 0) is 10.5 Å². The Balaban J connectivity index is 1.97. The van der Waals surface area contributed by atoms with E-state index in [0.29, 0.717) is 17.8 Å². The van der Waals surface area contributed by atoms with Gasteiger partial charge in [0.05, 0.1) is 7.11 Å². The number of nitrogens with zero attached hydrogens (tertiary/aromatic N) is 1. The summed E-state index contributed by atoms with van der Waals surface area (Å²) in [5.41, 5.74) is 2.43. The Labute approximate surface area is 158 Å². The first-order valence-electron chi connectivity index (χ1n) is 8.38. The van der Waals surface area contributed by atoms with Crippen LogP contribution in [0.1, 0.15) is 22.8 Å². The van der Waals surface area contributed by atoms with Crippen molar-refractivity contribution in [2.24, 2.45) is 0 Å². The molecule has 0 saturated carbocycles. The molecule has 0 unspecified atom stereocenters. The number of hydrogen-bond donors (Lipinski definition) is 1. The van der Waals surface area contributed by atoms with Crippen LogP contribution in [-0.4, -0.2) is 43.2 Å². The third-order valence-electron chi connectivity index (χ3n) is 3.89. The lowest BCUT2D eigenvalue weighted by atomic mass is 10.1. The van der Waals surface area contributed by atoms with Gasteiger partial charge in [-0.25, -0.2) is 0 Å². The van der Waals surface area contributed by atoms with Gasteiger partial charge in [-0.15, -0.1) is 0 Å². The summed E-state index contributed by atoms with van der Waals surface area (Å²) in [6, 6.07) is 14.6. The second-order valence-corrected chi connectivity index (χ2v) is 6.59. The molecule has 2 amide bonds. The minimum atomic E-state index is -0.232. The minimum absolute atomic E-state index is 0.00786. The van der Waals surface area contributed by atoms with E-state index < -0.39 is 0 Å². The first kappa shape index (κ1) is 19.8. The maximum atomic E-state index is 12.6. The van der Waals surface area contributed by atoms with Crippen molar-refractivity contribution >= 4 is 29.3 Å². The SMILES string of the molecule is CCN(CC(=O)Nc1ccc(OC)cc1)C(=O)c1ccc(CSC)cc1. The normalized spacial score (nSPS) is 10.3. The fourth-order valence-corrected chi connectivity index (χ4v) is 2.99. The van der Waals surface area contributed by atoms with Gasteiger partial charge in [-0.3, -0.25) is 9.59 Å². The fourth-order valence-electron chi connectivity index (χ4n) is 2.47. The lowest BCUT2D eigenvalue weighted by Crippen LogP contribution is -2.37. The molecule has 0 spiro atoms. The Bertz CT molecular complexity index is 730. The highest BCUT2D eigenvalue weighted by atomic mass is 32.2. The van der Waals surface area contributed by atoms with Crippen molar-refractivity contribution in [3.8, 4) is 5.75 Å². The van der Waals surface area contributed by atoms with Crippen molar-refractivity contribution in [3.63, 3.8) is 0 Å². The fraction of sp³-hybridized carbons (Fsp3) is 0.300. The number of nitrogens with one attached hydrogen (secondary N) is 1. The van der Waals surface area contributed by atoms with Gasteiger partial charge in [-0.05, 0) is 55.1 Å². The number of hydrogen-bond acceptors (Lipinski definition) is 4. The lowest BCUT2D eigenvalue weighted by Gasteiger charge is -2.20. The van der Waals surface area contributed by atoms with Gasteiger partial charge >= 0.3 is 0 Å². The summed E-state index contributed by atoms with van der Waals surface area (Å²) < 4.78 is 5.09. The summed E-state index contributed by atoms with van der Waals surface area (Å²) in [6.07, 6.45) is 2.04. The van der Waals surface area contributed by atoms with Gasteiger partial charge in [-0.1, -0.05) is 12.1 Å². The van der Waals surface area contributed by atoms with Crippen LogP contribution in [0.5, 0.6) is 5.75 Å². The van der Waals surface area contributed by atoms with E-state index in [2.05, 4.69) is 5.32 Å². The zero-order valence-corrected chi connectivity index (χ0v) is 16.1. The highest BCUT2D eigenvalue weighted by Crippen LogP contribution is 2.15. The Morgan fingerprint density at radius 3 is 2.27 bits per heavy atom. The molecular weight excluding hydrogens is 348 g/mol. The summed E-state index contributed by atoms with van der Waals surface area (Å²) in [6.45, 7) is 2.33. The Morgan fingerprint density at radius 1 is 1.08 bits per heavy atom. The molecule has 6 heteroatoms. The number of amides is 2. The average Bonchev–Trinajstić information content (AvgIpc) is 2.67. The largest absolute Gasteiger partial charge is 0.497 e. The van der Waals surface area contributed by atoms with E-state index >= 15 is 0 Å². The number of methoxy groups -OCH3 is 1. The topological polar surface area (TPSA) is 58.6 Å². The van der Waals surface area contributed by atoms with Crippen molar-refractivity contribution in [2.75, 3.05) is 31.8 Å². The van der Waals surface area contributed by atoms with Gasteiger partial charge in [0.1, 0.15) is 12.3 Å². The standard InChI is InChI=1S/C20H24N2O3S/c1-4-22(20(24)16-7-5-15(6-8-16)14-26-3)13-19(23)21-17-9-11-18(25-2)12-10-17/h5-12H,4,13-14H2,1-3H3,(H,21,23). The summed E-state index contributed by atoms with van der Waals surface area (Å²) in [5, 5.41) is 2.80. The predicted octanol–water partition coefficient (Wildman–Crippen LogP) is 3.66. The zero-order chi connectivity index (χ0) is 18.9. The molecule has 2 rings (SSSR count). The van der Waals surface area contributed by atoms with Gasteiger partial charge in [0.2, 0.25) is 5.91 Å². The van der Waals surface area contributed by atoms with Crippen molar-refractivity contribution in [3.05, 3.63) is 59.7 Å². The average molecular weight is 372 g/mol. The van der Waals surface area contributed by atoms with E-state index in [4.69, 9.17) is 4.74 Å². The van der Waals surface area contributed by atoms with Crippen molar-refractivity contribution in [1.82, 2.24) is 4.90 Å². The van der Waals surface area contributed by atoms with Crippen LogP contribution < -0.4 is 10.1 Å². The van der Waals surface area contributed by atoms with Crippen LogP contribution in [0, 0.1) is 0 Å². The van der Waals surface area contributed by atoms with E-state index in [1.54, 1.807) is 43.1 Å². The quantitative estimate of drug-likeness (QED) is 0.768. The zero-order valence-electron chi connectivity index (χ0n) is 15.3. The molecule has 26 heavy (non-hydrogen) atoms.